The number of aryl methyl sites for hydroxylation is 1. The molecule has 0 bridgehead atoms. The number of fused-ring (bicyclic) bond motifs is 4. The lowest BCUT2D eigenvalue weighted by Gasteiger charge is -2.41. The fourth-order valence-corrected chi connectivity index (χ4v) is 11.5. The summed E-state index contributed by atoms with van der Waals surface area (Å²) in [5.74, 6) is -0.0348. The van der Waals surface area contributed by atoms with Crippen molar-refractivity contribution in [2.75, 3.05) is 65.2 Å². The van der Waals surface area contributed by atoms with Crippen molar-refractivity contribution >= 4 is 71.4 Å². The van der Waals surface area contributed by atoms with Gasteiger partial charge in [-0.3, -0.25) is 19.4 Å². The molecule has 2 unspecified atom stereocenters. The van der Waals surface area contributed by atoms with E-state index < -0.39 is 38.1 Å². The van der Waals surface area contributed by atoms with Crippen molar-refractivity contribution in [2.45, 2.75) is 115 Å². The second kappa shape index (κ2) is 25.1. The number of amides is 3. The van der Waals surface area contributed by atoms with Gasteiger partial charge in [-0.1, -0.05) is 51.1 Å². The van der Waals surface area contributed by atoms with Crippen LogP contribution in [0.2, 0.25) is 0 Å². The van der Waals surface area contributed by atoms with E-state index in [9.17, 15) is 22.8 Å². The van der Waals surface area contributed by atoms with Crippen LogP contribution in [0.1, 0.15) is 89.6 Å². The molecule has 2 aliphatic rings. The summed E-state index contributed by atoms with van der Waals surface area (Å²) >= 11 is 1.56. The number of ether oxygens (including phenoxy) is 5. The second-order valence-electron chi connectivity index (χ2n) is 21.6. The SMILES string of the molecule is CNC(C)C(=O)NC(C(=O)N1Cc2cc(OCCOCCOCCOCCOc3cc4nccc(Nc5ccc6scnc6c5)c4cc3S(=O)(=O)C(C)(C)C)ccc2C[C@H]1C(=O)N[C@@H]1CCCc2ccccc21)C(C)(C)C. The number of likely N-dealkylation sites (N-methyl/N-ethyl adjacent to an activating group) is 1. The van der Waals surface area contributed by atoms with Crippen LogP contribution in [-0.2, 0) is 57.8 Å². The van der Waals surface area contributed by atoms with Crippen molar-refractivity contribution in [3.63, 3.8) is 0 Å². The molecular weight excluding hydrogens is 1020 g/mol. The molecular formula is C58H73N7O10S2. The molecule has 4 atom stereocenters. The maximum absolute atomic E-state index is 14.7. The Bertz CT molecular complexity index is 3150. The zero-order valence-corrected chi connectivity index (χ0v) is 47.0. The van der Waals surface area contributed by atoms with E-state index in [1.54, 1.807) is 74.8 Å². The number of benzene rings is 4. The first-order valence-electron chi connectivity index (χ1n) is 26.4. The highest BCUT2D eigenvalue weighted by Gasteiger charge is 2.43. The van der Waals surface area contributed by atoms with Crippen molar-refractivity contribution in [1.82, 2.24) is 30.8 Å². The number of thiazole rings is 1. The van der Waals surface area contributed by atoms with Gasteiger partial charge in [0.25, 0.3) is 0 Å². The Morgan fingerprint density at radius 2 is 1.51 bits per heavy atom. The van der Waals surface area contributed by atoms with Gasteiger partial charge in [-0.05, 0) is 124 Å². The van der Waals surface area contributed by atoms with Crippen molar-refractivity contribution in [2.24, 2.45) is 5.41 Å². The highest BCUT2D eigenvalue weighted by atomic mass is 32.2. The molecule has 412 valence electrons. The van der Waals surface area contributed by atoms with Crippen LogP contribution in [0, 0.1) is 5.41 Å². The molecule has 17 nitrogen and oxygen atoms in total. The smallest absolute Gasteiger partial charge is 0.246 e. The summed E-state index contributed by atoms with van der Waals surface area (Å²) in [6.07, 6.45) is 4.71. The minimum absolute atomic E-state index is 0.0750. The van der Waals surface area contributed by atoms with Gasteiger partial charge in [0.05, 0.1) is 77.7 Å². The van der Waals surface area contributed by atoms with Crippen LogP contribution in [0.5, 0.6) is 11.5 Å². The molecule has 4 N–H and O–H groups in total. The number of hydrogen-bond acceptors (Lipinski definition) is 15. The number of nitrogens with one attached hydrogen (secondary N) is 4. The molecule has 0 spiro atoms. The second-order valence-corrected chi connectivity index (χ2v) is 25.1. The van der Waals surface area contributed by atoms with Crippen LogP contribution in [0.25, 0.3) is 21.1 Å². The highest BCUT2D eigenvalue weighted by molar-refractivity contribution is 7.92. The van der Waals surface area contributed by atoms with Crippen LogP contribution in [0.15, 0.2) is 95.5 Å². The average molecular weight is 1090 g/mol. The first-order chi connectivity index (χ1) is 36.8. The molecule has 2 aromatic heterocycles. The van der Waals surface area contributed by atoms with Gasteiger partial charge < -0.3 is 49.9 Å². The van der Waals surface area contributed by atoms with Gasteiger partial charge in [-0.25, -0.2) is 13.4 Å². The minimum Gasteiger partial charge on any atom is -0.491 e. The number of rotatable bonds is 23. The van der Waals surface area contributed by atoms with Crippen LogP contribution in [0.4, 0.5) is 11.4 Å². The third-order valence-electron chi connectivity index (χ3n) is 14.0. The highest BCUT2D eigenvalue weighted by Crippen LogP contribution is 2.39. The van der Waals surface area contributed by atoms with Gasteiger partial charge in [0.1, 0.15) is 41.7 Å². The predicted molar refractivity (Wildman–Crippen MR) is 300 cm³/mol. The molecule has 3 heterocycles. The Labute approximate surface area is 456 Å². The maximum atomic E-state index is 14.7. The molecule has 0 fully saturated rings. The summed E-state index contributed by atoms with van der Waals surface area (Å²) in [7, 11) is -2.13. The number of sulfone groups is 1. The topological polar surface area (TPSA) is 209 Å². The first-order valence-corrected chi connectivity index (χ1v) is 28.7. The third kappa shape index (κ3) is 13.9. The number of pyridine rings is 1. The molecule has 1 aliphatic carbocycles. The van der Waals surface area contributed by atoms with Crippen LogP contribution >= 0.6 is 11.3 Å². The zero-order valence-electron chi connectivity index (χ0n) is 45.4. The fourth-order valence-electron chi connectivity index (χ4n) is 9.48. The van der Waals surface area contributed by atoms with E-state index in [-0.39, 0.29) is 60.8 Å². The van der Waals surface area contributed by atoms with E-state index in [1.165, 1.54) is 5.56 Å². The molecule has 6 aromatic rings. The molecule has 4 aromatic carbocycles. The largest absolute Gasteiger partial charge is 0.491 e. The number of aromatic nitrogens is 2. The van der Waals surface area contributed by atoms with E-state index >= 15 is 0 Å². The van der Waals surface area contributed by atoms with Crippen molar-refractivity contribution in [3.8, 4) is 11.5 Å². The number of carbonyl (C=O) groups is 3. The lowest BCUT2D eigenvalue weighted by Crippen LogP contribution is -2.62. The molecule has 3 amide bonds. The van der Waals surface area contributed by atoms with Gasteiger partial charge in [-0.15, -0.1) is 11.3 Å². The molecule has 0 saturated heterocycles. The molecule has 0 saturated carbocycles. The summed E-state index contributed by atoms with van der Waals surface area (Å²) in [5.41, 5.74) is 8.26. The maximum Gasteiger partial charge on any atom is 0.246 e. The lowest BCUT2D eigenvalue weighted by molar-refractivity contribution is -0.147. The van der Waals surface area contributed by atoms with Crippen LogP contribution < -0.4 is 30.7 Å². The summed E-state index contributed by atoms with van der Waals surface area (Å²) in [5, 5.41) is 13.3. The molecule has 77 heavy (non-hydrogen) atoms. The zero-order chi connectivity index (χ0) is 54.9. The summed E-state index contributed by atoms with van der Waals surface area (Å²) < 4.78 is 57.3. The van der Waals surface area contributed by atoms with Crippen LogP contribution in [-0.4, -0.2) is 124 Å². The standard InChI is InChI=1S/C58H73N7O10S2/c1-37(59-8)54(66)64-53(57(2,3)4)56(68)65-35-40-30-42(18-16-39(40)31-49(65)55(67)63-45-15-11-13-38-12-9-10-14-43(38)45)74-28-26-72-24-22-71-23-25-73-27-29-75-50-34-47-44(33-52(50)77(69,70)58(5,6)7)46(20-21-60-47)62-41-17-19-51-48(32-41)61-36-76-51/h9-10,12,14,16-21,30,32-34,36-37,45,49,53,59H,11,13,15,22-29,31,35H2,1-8H3,(H,60,62)(H,63,67)(H,64,66)/t37?,45-,49+,53?/m1/s1. The van der Waals surface area contributed by atoms with Gasteiger partial charge in [-0.2, -0.15) is 0 Å². The number of hydrogen-bond donors (Lipinski definition) is 4. The third-order valence-corrected chi connectivity index (χ3v) is 17.4. The Hall–Kier alpha value is -6.22. The predicted octanol–water partition coefficient (Wildman–Crippen LogP) is 8.25. The van der Waals surface area contributed by atoms with Gasteiger partial charge >= 0.3 is 0 Å². The quantitative estimate of drug-likeness (QED) is 0.0446. The lowest BCUT2D eigenvalue weighted by atomic mass is 9.83. The van der Waals surface area contributed by atoms with E-state index in [4.69, 9.17) is 23.7 Å². The fraction of sp³-hybridized carbons (Fsp3) is 0.466. The summed E-state index contributed by atoms with van der Waals surface area (Å²) in [4.78, 5) is 52.9. The Kier molecular flexibility index (Phi) is 18.5. The average Bonchev–Trinajstić information content (AvgIpc) is 3.90. The summed E-state index contributed by atoms with van der Waals surface area (Å²) in [6, 6.07) is 22.6. The first kappa shape index (κ1) is 57.0. The normalized spacial score (nSPS) is 16.5. The Morgan fingerprint density at radius 1 is 0.792 bits per heavy atom. The van der Waals surface area contributed by atoms with Crippen molar-refractivity contribution < 1.29 is 46.5 Å². The monoisotopic (exact) mass is 1090 g/mol. The van der Waals surface area contributed by atoms with Crippen molar-refractivity contribution in [3.05, 3.63) is 113 Å². The number of anilines is 2. The molecule has 1 aliphatic heterocycles. The van der Waals surface area contributed by atoms with Gasteiger partial charge in [0, 0.05) is 42.0 Å². The van der Waals surface area contributed by atoms with E-state index in [0.717, 1.165) is 51.9 Å². The molecule has 0 radical (unpaired) electrons. The van der Waals surface area contributed by atoms with Crippen LogP contribution in [0.3, 0.4) is 0 Å². The number of carbonyl (C=O) groups excluding carboxylic acids is 3. The molecule has 8 rings (SSSR count). The number of nitrogens with zero attached hydrogens (tertiary/aromatic N) is 3. The summed E-state index contributed by atoms with van der Waals surface area (Å²) in [6.45, 7) is 14.8. The minimum atomic E-state index is -3.83. The van der Waals surface area contributed by atoms with E-state index in [1.807, 2.05) is 75.4 Å². The van der Waals surface area contributed by atoms with E-state index in [2.05, 4.69) is 43.4 Å². The van der Waals surface area contributed by atoms with Gasteiger partial charge in [0.15, 0.2) is 9.84 Å². The molecule has 19 heteroatoms. The Morgan fingerprint density at radius 3 is 2.22 bits per heavy atom. The van der Waals surface area contributed by atoms with Crippen molar-refractivity contribution in [1.29, 1.82) is 0 Å². The van der Waals surface area contributed by atoms with E-state index in [0.29, 0.717) is 61.8 Å². The Balaban J connectivity index is 0.795. The van der Waals surface area contributed by atoms with Gasteiger partial charge in [0.2, 0.25) is 17.7 Å².